The van der Waals surface area contributed by atoms with Gasteiger partial charge in [0, 0.05) is 24.7 Å². The number of anilines is 1. The van der Waals surface area contributed by atoms with Crippen LogP contribution in [0, 0.1) is 5.82 Å². The van der Waals surface area contributed by atoms with Gasteiger partial charge in [-0.25, -0.2) is 17.5 Å². The summed E-state index contributed by atoms with van der Waals surface area (Å²) in [5.41, 5.74) is 0.651. The average molecular weight is 364 g/mol. The largest absolute Gasteiger partial charge is 0.497 e. The van der Waals surface area contributed by atoms with Crippen molar-refractivity contribution in [3.63, 3.8) is 0 Å². The Morgan fingerprint density at radius 1 is 1.16 bits per heavy atom. The molecule has 1 aliphatic rings. The van der Waals surface area contributed by atoms with Crippen LogP contribution >= 0.6 is 0 Å². The summed E-state index contributed by atoms with van der Waals surface area (Å²) < 4.78 is 45.9. The quantitative estimate of drug-likeness (QED) is 0.880. The van der Waals surface area contributed by atoms with E-state index in [4.69, 9.17) is 4.74 Å². The highest BCUT2D eigenvalue weighted by Crippen LogP contribution is 2.25. The number of benzene rings is 2. The number of nitrogens with one attached hydrogen (secondary N) is 1. The van der Waals surface area contributed by atoms with Crippen LogP contribution in [0.25, 0.3) is 0 Å². The molecule has 132 valence electrons. The summed E-state index contributed by atoms with van der Waals surface area (Å²) in [5, 5.41) is 0. The fourth-order valence-corrected chi connectivity index (χ4v) is 4.05. The molecule has 1 N–H and O–H groups in total. The average Bonchev–Trinajstić information content (AvgIpc) is 2.94. The molecular weight excluding hydrogens is 347 g/mol. The number of rotatable bonds is 5. The molecule has 25 heavy (non-hydrogen) atoms. The molecule has 1 fully saturated rings. The van der Waals surface area contributed by atoms with Crippen molar-refractivity contribution in [3.05, 3.63) is 54.3 Å². The van der Waals surface area contributed by atoms with Crippen molar-refractivity contribution < 1.29 is 22.3 Å². The summed E-state index contributed by atoms with van der Waals surface area (Å²) in [7, 11) is -2.49. The number of methoxy groups -OCH3 is 1. The van der Waals surface area contributed by atoms with Crippen LogP contribution in [0.15, 0.2) is 53.4 Å². The summed E-state index contributed by atoms with van der Waals surface area (Å²) in [4.78, 5) is 13.3. The first-order chi connectivity index (χ1) is 11.9. The lowest BCUT2D eigenvalue weighted by molar-refractivity contribution is -0.117. The van der Waals surface area contributed by atoms with E-state index in [9.17, 15) is 17.6 Å². The summed E-state index contributed by atoms with van der Waals surface area (Å²) in [5.74, 6) is -0.370. The fourth-order valence-electron chi connectivity index (χ4n) is 2.74. The normalized spacial score (nSPS) is 17.8. The Balaban J connectivity index is 1.75. The summed E-state index contributed by atoms with van der Waals surface area (Å²) in [6.07, 6.45) is 0.0136. The summed E-state index contributed by atoms with van der Waals surface area (Å²) >= 11 is 0. The van der Waals surface area contributed by atoms with E-state index in [1.807, 2.05) is 0 Å². The van der Waals surface area contributed by atoms with Gasteiger partial charge in [-0.2, -0.15) is 0 Å². The number of carbonyl (C=O) groups excluding carboxylic acids is 1. The number of hydrogen-bond donors (Lipinski definition) is 1. The van der Waals surface area contributed by atoms with Crippen LogP contribution in [0.3, 0.4) is 0 Å². The molecule has 1 atom stereocenters. The van der Waals surface area contributed by atoms with Crippen LogP contribution < -0.4 is 14.4 Å². The van der Waals surface area contributed by atoms with Gasteiger partial charge in [0.2, 0.25) is 15.9 Å². The van der Waals surface area contributed by atoms with Crippen molar-refractivity contribution in [2.75, 3.05) is 18.6 Å². The molecular formula is C17H17FN2O4S. The van der Waals surface area contributed by atoms with E-state index in [2.05, 4.69) is 4.72 Å². The monoisotopic (exact) mass is 364 g/mol. The first kappa shape index (κ1) is 17.4. The lowest BCUT2D eigenvalue weighted by atomic mass is 10.3. The molecule has 6 nitrogen and oxygen atoms in total. The molecule has 0 saturated carbocycles. The van der Waals surface area contributed by atoms with Crippen molar-refractivity contribution in [1.29, 1.82) is 0 Å². The van der Waals surface area contributed by atoms with Crippen LogP contribution in [-0.4, -0.2) is 34.0 Å². The Morgan fingerprint density at radius 2 is 1.84 bits per heavy atom. The van der Waals surface area contributed by atoms with E-state index in [1.54, 1.807) is 31.4 Å². The van der Waals surface area contributed by atoms with E-state index < -0.39 is 26.8 Å². The lowest BCUT2D eigenvalue weighted by Gasteiger charge is -2.17. The molecule has 0 spiro atoms. The zero-order valence-corrected chi connectivity index (χ0v) is 14.3. The number of nitrogens with zero attached hydrogens (tertiary/aromatic N) is 1. The van der Waals surface area contributed by atoms with Crippen molar-refractivity contribution in [2.45, 2.75) is 17.4 Å². The zero-order chi connectivity index (χ0) is 18.0. The minimum Gasteiger partial charge on any atom is -0.497 e. The van der Waals surface area contributed by atoms with Crippen LogP contribution in [0.4, 0.5) is 10.1 Å². The van der Waals surface area contributed by atoms with Gasteiger partial charge in [0.15, 0.2) is 0 Å². The Hall–Kier alpha value is -2.45. The molecule has 3 rings (SSSR count). The fraction of sp³-hybridized carbons (Fsp3) is 0.235. The third-order valence-corrected chi connectivity index (χ3v) is 5.51. The molecule has 1 unspecified atom stereocenters. The molecule has 0 radical (unpaired) electrons. The minimum atomic E-state index is -4.04. The predicted octanol–water partition coefficient (Wildman–Crippen LogP) is 1.92. The van der Waals surface area contributed by atoms with E-state index in [1.165, 1.54) is 23.1 Å². The SMILES string of the molecule is COc1ccc(N2CC(NS(=O)(=O)c3ccccc3F)CC2=O)cc1. The van der Waals surface area contributed by atoms with Crippen molar-refractivity contribution in [2.24, 2.45) is 0 Å². The third-order valence-electron chi connectivity index (χ3n) is 3.96. The lowest BCUT2D eigenvalue weighted by Crippen LogP contribution is -2.37. The number of amides is 1. The zero-order valence-electron chi connectivity index (χ0n) is 13.5. The maximum Gasteiger partial charge on any atom is 0.243 e. The van der Waals surface area contributed by atoms with Crippen LogP contribution in [-0.2, 0) is 14.8 Å². The van der Waals surface area contributed by atoms with E-state index in [0.29, 0.717) is 11.4 Å². The second kappa shape index (κ2) is 6.81. The summed E-state index contributed by atoms with van der Waals surface area (Å²) in [6.45, 7) is 0.179. The Morgan fingerprint density at radius 3 is 2.48 bits per heavy atom. The van der Waals surface area contributed by atoms with Gasteiger partial charge in [-0.15, -0.1) is 0 Å². The van der Waals surface area contributed by atoms with Gasteiger partial charge in [-0.3, -0.25) is 4.79 Å². The maximum absolute atomic E-state index is 13.7. The van der Waals surface area contributed by atoms with Gasteiger partial charge in [0.25, 0.3) is 0 Å². The molecule has 1 amide bonds. The van der Waals surface area contributed by atoms with E-state index in [-0.39, 0.29) is 18.9 Å². The number of hydrogen-bond acceptors (Lipinski definition) is 4. The van der Waals surface area contributed by atoms with Crippen LogP contribution in [0.1, 0.15) is 6.42 Å². The Labute approximate surface area is 145 Å². The molecule has 2 aromatic carbocycles. The third kappa shape index (κ3) is 3.64. The molecule has 1 aliphatic heterocycles. The molecule has 8 heteroatoms. The van der Waals surface area contributed by atoms with Gasteiger partial charge >= 0.3 is 0 Å². The molecule has 0 bridgehead atoms. The first-order valence-corrected chi connectivity index (χ1v) is 9.10. The van der Waals surface area contributed by atoms with Crippen molar-refractivity contribution in [3.8, 4) is 5.75 Å². The Bertz CT molecular complexity index is 884. The molecule has 1 saturated heterocycles. The number of ether oxygens (including phenoxy) is 1. The van der Waals surface area contributed by atoms with Gasteiger partial charge < -0.3 is 9.64 Å². The molecule has 0 aromatic heterocycles. The highest BCUT2D eigenvalue weighted by Gasteiger charge is 2.34. The maximum atomic E-state index is 13.7. The predicted molar refractivity (Wildman–Crippen MR) is 90.5 cm³/mol. The standard InChI is InChI=1S/C17H17FN2O4S/c1-24-14-8-6-13(7-9-14)20-11-12(10-17(20)21)19-25(22,23)16-5-3-2-4-15(16)18/h2-9,12,19H,10-11H2,1H3. The second-order valence-corrected chi connectivity index (χ2v) is 7.34. The van der Waals surface area contributed by atoms with Gasteiger partial charge in [-0.1, -0.05) is 12.1 Å². The smallest absolute Gasteiger partial charge is 0.243 e. The molecule has 0 aliphatic carbocycles. The number of halogens is 1. The number of carbonyl (C=O) groups is 1. The first-order valence-electron chi connectivity index (χ1n) is 7.62. The topological polar surface area (TPSA) is 75.7 Å². The minimum absolute atomic E-state index is 0.0136. The molecule has 1 heterocycles. The second-order valence-electron chi connectivity index (χ2n) is 5.66. The van der Waals surface area contributed by atoms with Crippen molar-refractivity contribution >= 4 is 21.6 Å². The van der Waals surface area contributed by atoms with Crippen LogP contribution in [0.2, 0.25) is 0 Å². The Kier molecular flexibility index (Phi) is 4.73. The highest BCUT2D eigenvalue weighted by molar-refractivity contribution is 7.89. The molecule has 2 aromatic rings. The van der Waals surface area contributed by atoms with Gasteiger partial charge in [0.05, 0.1) is 7.11 Å². The van der Waals surface area contributed by atoms with Crippen molar-refractivity contribution in [1.82, 2.24) is 4.72 Å². The van der Waals surface area contributed by atoms with E-state index in [0.717, 1.165) is 6.07 Å². The van der Waals surface area contributed by atoms with E-state index >= 15 is 0 Å². The number of sulfonamides is 1. The van der Waals surface area contributed by atoms with Gasteiger partial charge in [0.1, 0.15) is 16.5 Å². The van der Waals surface area contributed by atoms with Gasteiger partial charge in [-0.05, 0) is 36.4 Å². The van der Waals surface area contributed by atoms with Crippen LogP contribution in [0.5, 0.6) is 5.75 Å². The summed E-state index contributed by atoms with van der Waals surface area (Å²) in [6, 6.07) is 11.4. The highest BCUT2D eigenvalue weighted by atomic mass is 32.2.